The van der Waals surface area contributed by atoms with Crippen molar-refractivity contribution >= 4 is 34.3 Å². The van der Waals surface area contributed by atoms with Crippen LogP contribution in [0.3, 0.4) is 0 Å². The average molecular weight is 434 g/mol. The molecule has 10 nitrogen and oxygen atoms in total. The van der Waals surface area contributed by atoms with Crippen molar-refractivity contribution in [2.45, 2.75) is 19.7 Å². The number of phenolic OH excluding ortho intramolecular Hbond substituents is 1. The lowest BCUT2D eigenvalue weighted by atomic mass is 10.1. The molecule has 0 radical (unpaired) electrons. The second kappa shape index (κ2) is 9.18. The number of anilines is 1. The highest BCUT2D eigenvalue weighted by Crippen LogP contribution is 2.35. The third kappa shape index (κ3) is 6.60. The number of aromatic nitrogens is 1. The predicted molar refractivity (Wildman–Crippen MR) is 95.1 cm³/mol. The largest absolute Gasteiger partial charge is 0.573 e. The Bertz CT molecular complexity index is 931. The van der Waals surface area contributed by atoms with Gasteiger partial charge in [-0.1, -0.05) is 0 Å². The molecule has 0 aliphatic rings. The van der Waals surface area contributed by atoms with Crippen molar-refractivity contribution in [1.82, 2.24) is 4.98 Å². The van der Waals surface area contributed by atoms with Gasteiger partial charge < -0.3 is 14.6 Å². The molecule has 1 aromatic carbocycles. The normalized spacial score (nSPS) is 11.4. The van der Waals surface area contributed by atoms with Crippen LogP contribution in [0.2, 0.25) is 0 Å². The monoisotopic (exact) mass is 434 g/mol. The zero-order valence-corrected chi connectivity index (χ0v) is 15.4. The molecule has 0 bridgehead atoms. The van der Waals surface area contributed by atoms with Gasteiger partial charge in [0.1, 0.15) is 5.75 Å². The number of phenols is 1. The highest BCUT2D eigenvalue weighted by Gasteiger charge is 2.32. The topological polar surface area (TPSA) is 136 Å². The molecule has 0 saturated heterocycles. The summed E-state index contributed by atoms with van der Waals surface area (Å²) >= 11 is 1.08. The summed E-state index contributed by atoms with van der Waals surface area (Å²) in [6.07, 6.45) is -4.27. The predicted octanol–water partition coefficient (Wildman–Crippen LogP) is 3.21. The molecular formula is C15H13F3N4O6S. The minimum Gasteiger partial charge on any atom is -0.502 e. The van der Waals surface area contributed by atoms with Gasteiger partial charge in [0.15, 0.2) is 0 Å². The van der Waals surface area contributed by atoms with E-state index in [1.165, 1.54) is 0 Å². The first-order chi connectivity index (χ1) is 13.6. The number of nitrogens with one attached hydrogen (secondary N) is 1. The summed E-state index contributed by atoms with van der Waals surface area (Å²) in [5.74, 6) is -2.25. The Balaban J connectivity index is 2.16. The standard InChI is InChI=1S/C15H13F3N4O6S/c1-2-27-12(23)4-9-7-29-14(20-9)21-19-6-8-3-10(28-15(16,17)18)5-11(13(8)24)22(25)26/h3,5-7,24H,2,4H2,1H3,(H,20,21). The molecule has 29 heavy (non-hydrogen) atoms. The minimum absolute atomic E-state index is 0.0560. The first kappa shape index (κ1) is 21.9. The van der Waals surface area contributed by atoms with Crippen molar-refractivity contribution in [1.29, 1.82) is 0 Å². The number of nitro groups is 1. The lowest BCUT2D eigenvalue weighted by molar-refractivity contribution is -0.386. The van der Waals surface area contributed by atoms with Crippen LogP contribution < -0.4 is 10.2 Å². The summed E-state index contributed by atoms with van der Waals surface area (Å²) in [7, 11) is 0. The fourth-order valence-corrected chi connectivity index (χ4v) is 2.66. The number of carbonyl (C=O) groups excluding carboxylic acids is 1. The molecule has 0 spiro atoms. The molecule has 0 aliphatic heterocycles. The van der Waals surface area contributed by atoms with Crippen LogP contribution >= 0.6 is 11.3 Å². The lowest BCUT2D eigenvalue weighted by Crippen LogP contribution is -2.17. The van der Waals surface area contributed by atoms with Crippen molar-refractivity contribution in [2.24, 2.45) is 5.10 Å². The maximum absolute atomic E-state index is 12.4. The molecule has 0 unspecified atom stereocenters. The minimum atomic E-state index is -5.08. The van der Waals surface area contributed by atoms with E-state index >= 15 is 0 Å². The molecule has 14 heteroatoms. The number of nitro benzene ring substituents is 1. The molecule has 1 heterocycles. The molecule has 0 amide bonds. The van der Waals surface area contributed by atoms with Crippen molar-refractivity contribution < 1.29 is 37.5 Å². The summed E-state index contributed by atoms with van der Waals surface area (Å²) in [5.41, 5.74) is 1.47. The van der Waals surface area contributed by atoms with Gasteiger partial charge in [0, 0.05) is 10.9 Å². The number of hydrogen-bond donors (Lipinski definition) is 2. The maximum atomic E-state index is 12.4. The first-order valence-electron chi connectivity index (χ1n) is 7.75. The number of aromatic hydroxyl groups is 1. The Morgan fingerprint density at radius 2 is 2.21 bits per heavy atom. The smallest absolute Gasteiger partial charge is 0.502 e. The molecule has 2 rings (SSSR count). The van der Waals surface area contributed by atoms with Gasteiger partial charge in [-0.2, -0.15) is 5.10 Å². The summed E-state index contributed by atoms with van der Waals surface area (Å²) in [6, 6.07) is 1.17. The van der Waals surface area contributed by atoms with Crippen LogP contribution in [0.1, 0.15) is 18.2 Å². The van der Waals surface area contributed by atoms with Crippen molar-refractivity contribution in [3.05, 3.63) is 38.9 Å². The SMILES string of the molecule is CCOC(=O)Cc1csc(NN=Cc2cc(OC(F)(F)F)cc([N+](=O)[O-])c2O)n1. The second-order valence-corrected chi connectivity index (χ2v) is 6.04. The quantitative estimate of drug-likeness (QED) is 0.280. The van der Waals surface area contributed by atoms with E-state index in [0.717, 1.165) is 23.6 Å². The highest BCUT2D eigenvalue weighted by atomic mass is 32.1. The number of hydrogen-bond acceptors (Lipinski definition) is 10. The van der Waals surface area contributed by atoms with Gasteiger partial charge in [-0.25, -0.2) is 4.98 Å². The van der Waals surface area contributed by atoms with Gasteiger partial charge in [-0.15, -0.1) is 24.5 Å². The average Bonchev–Trinajstić information content (AvgIpc) is 3.03. The van der Waals surface area contributed by atoms with E-state index < -0.39 is 40.0 Å². The van der Waals surface area contributed by atoms with Crippen LogP contribution in [0.15, 0.2) is 22.6 Å². The molecular weight excluding hydrogens is 421 g/mol. The molecule has 0 saturated carbocycles. The van der Waals surface area contributed by atoms with Gasteiger partial charge in [0.2, 0.25) is 10.9 Å². The molecule has 2 aromatic rings. The number of hydrazone groups is 1. The number of esters is 1. The van der Waals surface area contributed by atoms with Crippen LogP contribution in [0.25, 0.3) is 0 Å². The van der Waals surface area contributed by atoms with Crippen molar-refractivity contribution in [3.8, 4) is 11.5 Å². The fourth-order valence-electron chi connectivity index (χ4n) is 2.00. The number of halogens is 3. The Hall–Kier alpha value is -3.42. The van der Waals surface area contributed by atoms with E-state index in [4.69, 9.17) is 4.74 Å². The number of ether oxygens (including phenoxy) is 2. The first-order valence-corrected chi connectivity index (χ1v) is 8.63. The van der Waals surface area contributed by atoms with Gasteiger partial charge in [-0.05, 0) is 13.0 Å². The molecule has 1 aromatic heterocycles. The Kier molecular flexibility index (Phi) is 6.93. The highest BCUT2D eigenvalue weighted by molar-refractivity contribution is 7.13. The van der Waals surface area contributed by atoms with Crippen molar-refractivity contribution in [3.63, 3.8) is 0 Å². The zero-order chi connectivity index (χ0) is 21.6. The Morgan fingerprint density at radius 3 is 2.83 bits per heavy atom. The van der Waals surface area contributed by atoms with E-state index in [-0.39, 0.29) is 18.2 Å². The van der Waals surface area contributed by atoms with E-state index in [9.17, 15) is 33.2 Å². The van der Waals surface area contributed by atoms with Crippen LogP contribution in [-0.2, 0) is 16.0 Å². The number of alkyl halides is 3. The van der Waals surface area contributed by atoms with E-state index in [2.05, 4.69) is 20.2 Å². The zero-order valence-electron chi connectivity index (χ0n) is 14.6. The molecule has 0 atom stereocenters. The number of carbonyl (C=O) groups is 1. The maximum Gasteiger partial charge on any atom is 0.573 e. The summed E-state index contributed by atoms with van der Waals surface area (Å²) < 4.78 is 45.6. The van der Waals surface area contributed by atoms with Gasteiger partial charge >= 0.3 is 18.0 Å². The van der Waals surface area contributed by atoms with Crippen molar-refractivity contribution in [2.75, 3.05) is 12.0 Å². The number of thiazole rings is 1. The van der Waals surface area contributed by atoms with Gasteiger partial charge in [-0.3, -0.25) is 20.3 Å². The van der Waals surface area contributed by atoms with E-state index in [0.29, 0.717) is 11.8 Å². The number of benzene rings is 1. The molecule has 0 fully saturated rings. The van der Waals surface area contributed by atoms with Crippen LogP contribution in [-0.4, -0.2) is 40.2 Å². The number of nitrogens with zero attached hydrogens (tertiary/aromatic N) is 3. The lowest BCUT2D eigenvalue weighted by Gasteiger charge is -2.10. The summed E-state index contributed by atoms with van der Waals surface area (Å²) in [6.45, 7) is 1.89. The number of rotatable bonds is 8. The second-order valence-electron chi connectivity index (χ2n) is 5.18. The third-order valence-corrected chi connectivity index (χ3v) is 3.87. The molecule has 0 aliphatic carbocycles. The Morgan fingerprint density at radius 1 is 1.48 bits per heavy atom. The van der Waals surface area contributed by atoms with Crippen LogP contribution in [0, 0.1) is 10.1 Å². The summed E-state index contributed by atoms with van der Waals surface area (Å²) in [4.78, 5) is 25.3. The molecule has 2 N–H and O–H groups in total. The van der Waals surface area contributed by atoms with Crippen LogP contribution in [0.4, 0.5) is 24.0 Å². The molecule has 156 valence electrons. The summed E-state index contributed by atoms with van der Waals surface area (Å²) in [5, 5.41) is 26.3. The fraction of sp³-hybridized carbons (Fsp3) is 0.267. The van der Waals surface area contributed by atoms with Gasteiger partial charge in [0.05, 0.1) is 35.9 Å². The van der Waals surface area contributed by atoms with E-state index in [1.54, 1.807) is 12.3 Å². The van der Waals surface area contributed by atoms with Crippen LogP contribution in [0.5, 0.6) is 11.5 Å². The third-order valence-electron chi connectivity index (χ3n) is 3.07. The van der Waals surface area contributed by atoms with E-state index in [1.807, 2.05) is 0 Å². The Labute approximate surface area is 164 Å². The van der Waals surface area contributed by atoms with Gasteiger partial charge in [0.25, 0.3) is 0 Å².